The quantitative estimate of drug-likeness (QED) is 0.757. The number of hydrogen-bond donors (Lipinski definition) is 2. The summed E-state index contributed by atoms with van der Waals surface area (Å²) in [5.41, 5.74) is 5.67. The van der Waals surface area contributed by atoms with Crippen molar-refractivity contribution in [2.24, 2.45) is 5.73 Å². The Morgan fingerprint density at radius 2 is 2.46 bits per heavy atom. The zero-order valence-electron chi connectivity index (χ0n) is 7.66. The van der Waals surface area contributed by atoms with Gasteiger partial charge in [0.05, 0.1) is 0 Å². The molecule has 0 aliphatic heterocycles. The van der Waals surface area contributed by atoms with Gasteiger partial charge in [0, 0.05) is 30.0 Å². The number of nitrogens with two attached hydrogens (primary N) is 1. The second-order valence-corrected chi connectivity index (χ2v) is 4.17. The molecule has 1 aromatic rings. The molecule has 0 amide bonds. The Hall–Kier alpha value is -0.680. The third-order valence-electron chi connectivity index (χ3n) is 2.09. The molecule has 1 aliphatic carbocycles. The molecule has 13 heavy (non-hydrogen) atoms. The summed E-state index contributed by atoms with van der Waals surface area (Å²) in [5.74, 6) is 0.948. The molecule has 1 aliphatic rings. The fraction of sp³-hybridized carbons (Fsp3) is 0.750. The minimum Gasteiger partial charge on any atom is -0.356 e. The van der Waals surface area contributed by atoms with Gasteiger partial charge in [-0.25, -0.2) is 4.98 Å². The summed E-state index contributed by atoms with van der Waals surface area (Å²) in [4.78, 5) is 4.36. The summed E-state index contributed by atoms with van der Waals surface area (Å²) < 4.78 is 4.24. The molecule has 2 atom stereocenters. The summed E-state index contributed by atoms with van der Waals surface area (Å²) in [6.45, 7) is 2.13. The summed E-state index contributed by atoms with van der Waals surface area (Å²) in [7, 11) is 0. The van der Waals surface area contributed by atoms with E-state index in [1.54, 1.807) is 0 Å². The summed E-state index contributed by atoms with van der Waals surface area (Å²) in [6, 6.07) is 0.751. The Balaban J connectivity index is 1.89. The molecule has 4 nitrogen and oxygen atoms in total. The van der Waals surface area contributed by atoms with Crippen LogP contribution in [0.25, 0.3) is 0 Å². The van der Waals surface area contributed by atoms with Gasteiger partial charge in [0.2, 0.25) is 5.13 Å². The fourth-order valence-corrected chi connectivity index (χ4v) is 1.85. The van der Waals surface area contributed by atoms with Crippen LogP contribution in [0.15, 0.2) is 0 Å². The highest BCUT2D eigenvalue weighted by atomic mass is 32.1. The molecule has 0 aromatic carbocycles. The molecule has 0 radical (unpaired) electrons. The van der Waals surface area contributed by atoms with Crippen molar-refractivity contribution >= 4 is 16.7 Å². The lowest BCUT2D eigenvalue weighted by atomic mass is 10.3. The van der Waals surface area contributed by atoms with Crippen molar-refractivity contribution in [2.45, 2.75) is 38.3 Å². The largest absolute Gasteiger partial charge is 0.356 e. The molecule has 5 heteroatoms. The third kappa shape index (κ3) is 2.16. The van der Waals surface area contributed by atoms with Gasteiger partial charge in [0.1, 0.15) is 5.82 Å². The molecule has 1 saturated carbocycles. The van der Waals surface area contributed by atoms with E-state index in [2.05, 4.69) is 21.6 Å². The van der Waals surface area contributed by atoms with Crippen molar-refractivity contribution in [3.8, 4) is 0 Å². The zero-order valence-corrected chi connectivity index (χ0v) is 8.47. The number of hydrogen-bond acceptors (Lipinski definition) is 5. The normalized spacial score (nSPS) is 26.0. The van der Waals surface area contributed by atoms with Crippen LogP contribution in [0, 0.1) is 0 Å². The highest BCUT2D eigenvalue weighted by Crippen LogP contribution is 2.24. The average Bonchev–Trinajstić information content (AvgIpc) is 2.63. The third-order valence-corrected chi connectivity index (χ3v) is 2.77. The fourth-order valence-electron chi connectivity index (χ4n) is 1.18. The first-order valence-electron chi connectivity index (χ1n) is 4.64. The van der Waals surface area contributed by atoms with E-state index in [4.69, 9.17) is 5.73 Å². The van der Waals surface area contributed by atoms with Gasteiger partial charge < -0.3 is 11.1 Å². The van der Waals surface area contributed by atoms with E-state index in [-0.39, 0.29) is 0 Å². The molecule has 0 spiro atoms. The molecule has 3 N–H and O–H groups in total. The summed E-state index contributed by atoms with van der Waals surface area (Å²) in [5, 5.41) is 4.18. The van der Waals surface area contributed by atoms with Gasteiger partial charge in [0.25, 0.3) is 0 Å². The van der Waals surface area contributed by atoms with Crippen molar-refractivity contribution in [3.05, 3.63) is 5.82 Å². The van der Waals surface area contributed by atoms with Crippen LogP contribution in [0.3, 0.4) is 0 Å². The number of rotatable bonds is 4. The van der Waals surface area contributed by atoms with Gasteiger partial charge in [-0.05, 0) is 12.8 Å². The molecular formula is C8H14N4S. The SMILES string of the molecule is CCCc1nsc(NC2CC2N)n1. The van der Waals surface area contributed by atoms with Crippen LogP contribution in [0.1, 0.15) is 25.6 Å². The zero-order chi connectivity index (χ0) is 9.26. The van der Waals surface area contributed by atoms with E-state index in [0.717, 1.165) is 30.2 Å². The van der Waals surface area contributed by atoms with Crippen molar-refractivity contribution in [1.82, 2.24) is 9.36 Å². The van der Waals surface area contributed by atoms with Crippen LogP contribution in [-0.4, -0.2) is 21.4 Å². The van der Waals surface area contributed by atoms with E-state index < -0.39 is 0 Å². The van der Waals surface area contributed by atoms with Crippen molar-refractivity contribution in [3.63, 3.8) is 0 Å². The number of nitrogens with zero attached hydrogens (tertiary/aromatic N) is 2. The molecule has 0 bridgehead atoms. The van der Waals surface area contributed by atoms with Crippen molar-refractivity contribution < 1.29 is 0 Å². The highest BCUT2D eigenvalue weighted by molar-refractivity contribution is 7.09. The number of anilines is 1. The monoisotopic (exact) mass is 198 g/mol. The Morgan fingerprint density at radius 1 is 1.69 bits per heavy atom. The maximum Gasteiger partial charge on any atom is 0.202 e. The maximum atomic E-state index is 5.67. The topological polar surface area (TPSA) is 63.8 Å². The Morgan fingerprint density at radius 3 is 3.08 bits per heavy atom. The minimum absolute atomic E-state index is 0.318. The van der Waals surface area contributed by atoms with Crippen LogP contribution in [0.2, 0.25) is 0 Å². The maximum absolute atomic E-state index is 5.67. The van der Waals surface area contributed by atoms with E-state index in [1.807, 2.05) is 0 Å². The second-order valence-electron chi connectivity index (χ2n) is 3.42. The molecule has 1 fully saturated rings. The predicted molar refractivity (Wildman–Crippen MR) is 53.9 cm³/mol. The highest BCUT2D eigenvalue weighted by Gasteiger charge is 2.33. The van der Waals surface area contributed by atoms with E-state index >= 15 is 0 Å². The van der Waals surface area contributed by atoms with Crippen LogP contribution in [0.4, 0.5) is 5.13 Å². The van der Waals surface area contributed by atoms with E-state index in [9.17, 15) is 0 Å². The second kappa shape index (κ2) is 3.59. The summed E-state index contributed by atoms with van der Waals surface area (Å²) >= 11 is 1.43. The standard InChI is InChI=1S/C8H14N4S/c1-2-3-7-11-8(13-12-7)10-6-4-5(6)9/h5-6H,2-4,9H2,1H3,(H,10,11,12). The lowest BCUT2D eigenvalue weighted by Crippen LogP contribution is -2.12. The van der Waals surface area contributed by atoms with Gasteiger partial charge in [-0.2, -0.15) is 4.37 Å². The van der Waals surface area contributed by atoms with Crippen LogP contribution in [0.5, 0.6) is 0 Å². The molecule has 0 saturated heterocycles. The first-order valence-corrected chi connectivity index (χ1v) is 5.41. The number of aryl methyl sites for hydroxylation is 1. The lowest BCUT2D eigenvalue weighted by Gasteiger charge is -1.96. The van der Waals surface area contributed by atoms with Crippen molar-refractivity contribution in [2.75, 3.05) is 5.32 Å². The van der Waals surface area contributed by atoms with Gasteiger partial charge >= 0.3 is 0 Å². The molecular weight excluding hydrogens is 184 g/mol. The van der Waals surface area contributed by atoms with Crippen LogP contribution in [-0.2, 0) is 6.42 Å². The molecule has 1 aromatic heterocycles. The average molecular weight is 198 g/mol. The van der Waals surface area contributed by atoms with Gasteiger partial charge in [0.15, 0.2) is 0 Å². The Bertz CT molecular complexity index is 285. The lowest BCUT2D eigenvalue weighted by molar-refractivity contribution is 0.860. The Kier molecular flexibility index (Phi) is 2.46. The molecule has 1 heterocycles. The molecule has 72 valence electrons. The van der Waals surface area contributed by atoms with Crippen LogP contribution < -0.4 is 11.1 Å². The first-order chi connectivity index (χ1) is 6.29. The number of nitrogens with one attached hydrogen (secondary N) is 1. The predicted octanol–water partition coefficient (Wildman–Crippen LogP) is 1.00. The smallest absolute Gasteiger partial charge is 0.202 e. The van der Waals surface area contributed by atoms with E-state index in [0.29, 0.717) is 12.1 Å². The van der Waals surface area contributed by atoms with Gasteiger partial charge in [-0.3, -0.25) is 0 Å². The summed E-state index contributed by atoms with van der Waals surface area (Å²) in [6.07, 6.45) is 3.12. The van der Waals surface area contributed by atoms with E-state index in [1.165, 1.54) is 11.5 Å². The molecule has 2 unspecified atom stereocenters. The van der Waals surface area contributed by atoms with Crippen LogP contribution >= 0.6 is 11.5 Å². The minimum atomic E-state index is 0.318. The Labute approximate surface area is 81.7 Å². The van der Waals surface area contributed by atoms with Crippen molar-refractivity contribution in [1.29, 1.82) is 0 Å². The first kappa shape index (κ1) is 8.90. The number of aromatic nitrogens is 2. The van der Waals surface area contributed by atoms with Gasteiger partial charge in [-0.15, -0.1) is 0 Å². The molecule has 2 rings (SSSR count). The van der Waals surface area contributed by atoms with Gasteiger partial charge in [-0.1, -0.05) is 6.92 Å².